The number of hydrogen-bond donors (Lipinski definition) is 0. The number of nitrogens with zero attached hydrogens (tertiary/aromatic N) is 1. The Balaban J connectivity index is 2.08. The monoisotopic (exact) mass is 323 g/mol. The van der Waals surface area contributed by atoms with Crippen LogP contribution in [0.25, 0.3) is 0 Å². The van der Waals surface area contributed by atoms with Gasteiger partial charge in [-0.15, -0.1) is 0 Å². The van der Waals surface area contributed by atoms with Crippen LogP contribution in [0.5, 0.6) is 5.75 Å². The molecule has 0 aliphatic carbocycles. The lowest BCUT2D eigenvalue weighted by molar-refractivity contribution is -0.137. The quantitative estimate of drug-likeness (QED) is 0.851. The zero-order valence-corrected chi connectivity index (χ0v) is 12.7. The van der Waals surface area contributed by atoms with Crippen LogP contribution in [-0.2, 0) is 12.7 Å². The molecule has 2 aromatic rings. The predicted octanol–water partition coefficient (Wildman–Crippen LogP) is 3.99. The molecule has 6 heteroatoms. The second-order valence-corrected chi connectivity index (χ2v) is 5.09. The molecule has 3 nitrogen and oxygen atoms in total. The van der Waals surface area contributed by atoms with E-state index in [9.17, 15) is 18.0 Å². The summed E-state index contributed by atoms with van der Waals surface area (Å²) >= 11 is 0. The number of amides is 1. The van der Waals surface area contributed by atoms with Crippen LogP contribution in [0.2, 0.25) is 0 Å². The maximum Gasteiger partial charge on any atom is 0.416 e. The normalized spacial score (nSPS) is 11.2. The molecule has 0 fully saturated rings. The van der Waals surface area contributed by atoms with Gasteiger partial charge in [0.2, 0.25) is 0 Å². The molecule has 0 atom stereocenters. The van der Waals surface area contributed by atoms with Crippen molar-refractivity contribution in [2.24, 2.45) is 0 Å². The Hall–Kier alpha value is -2.50. The number of carbonyl (C=O) groups is 1. The van der Waals surface area contributed by atoms with Crippen molar-refractivity contribution in [3.8, 4) is 5.75 Å². The highest BCUT2D eigenvalue weighted by Crippen LogP contribution is 2.29. The van der Waals surface area contributed by atoms with Crippen molar-refractivity contribution in [1.29, 1.82) is 0 Å². The van der Waals surface area contributed by atoms with E-state index in [1.165, 1.54) is 24.1 Å². The second kappa shape index (κ2) is 6.73. The standard InChI is InChI=1S/C17H16F3NO2/c1-21(16(22)13-4-3-5-15(10-13)23-2)11-12-6-8-14(9-7-12)17(18,19)20/h3-10H,11H2,1-2H3. The van der Waals surface area contributed by atoms with Gasteiger partial charge < -0.3 is 9.64 Å². The van der Waals surface area contributed by atoms with Crippen molar-refractivity contribution in [2.75, 3.05) is 14.2 Å². The van der Waals surface area contributed by atoms with Crippen LogP contribution in [0.1, 0.15) is 21.5 Å². The highest BCUT2D eigenvalue weighted by atomic mass is 19.4. The van der Waals surface area contributed by atoms with Gasteiger partial charge in [-0.25, -0.2) is 0 Å². The molecule has 2 rings (SSSR count). The van der Waals surface area contributed by atoms with E-state index < -0.39 is 11.7 Å². The average molecular weight is 323 g/mol. The van der Waals surface area contributed by atoms with Gasteiger partial charge >= 0.3 is 6.18 Å². The van der Waals surface area contributed by atoms with Gasteiger partial charge in [0.15, 0.2) is 0 Å². The first kappa shape index (κ1) is 16.9. The van der Waals surface area contributed by atoms with Crippen LogP contribution >= 0.6 is 0 Å². The molecule has 0 aromatic heterocycles. The molecule has 0 bridgehead atoms. The molecule has 0 unspecified atom stereocenters. The number of alkyl halides is 3. The Morgan fingerprint density at radius 1 is 1.13 bits per heavy atom. The molecule has 0 aliphatic heterocycles. The zero-order valence-electron chi connectivity index (χ0n) is 12.7. The molecule has 0 saturated heterocycles. The van der Waals surface area contributed by atoms with E-state index in [-0.39, 0.29) is 12.5 Å². The Bertz CT molecular complexity index is 681. The Kier molecular flexibility index (Phi) is 4.93. The fourth-order valence-electron chi connectivity index (χ4n) is 2.12. The maximum absolute atomic E-state index is 12.5. The smallest absolute Gasteiger partial charge is 0.416 e. The summed E-state index contributed by atoms with van der Waals surface area (Å²) in [6, 6.07) is 11.5. The van der Waals surface area contributed by atoms with Crippen LogP contribution < -0.4 is 4.74 Å². The third kappa shape index (κ3) is 4.25. The maximum atomic E-state index is 12.5. The molecule has 0 N–H and O–H groups in total. The summed E-state index contributed by atoms with van der Waals surface area (Å²) in [7, 11) is 3.11. The van der Waals surface area contributed by atoms with E-state index >= 15 is 0 Å². The summed E-state index contributed by atoms with van der Waals surface area (Å²) in [4.78, 5) is 13.8. The lowest BCUT2D eigenvalue weighted by Crippen LogP contribution is -2.26. The number of hydrogen-bond acceptors (Lipinski definition) is 2. The molecule has 2 aromatic carbocycles. The summed E-state index contributed by atoms with van der Waals surface area (Å²) in [5.74, 6) is 0.336. The highest BCUT2D eigenvalue weighted by molar-refractivity contribution is 5.94. The molecule has 0 spiro atoms. The summed E-state index contributed by atoms with van der Waals surface area (Å²) in [5.41, 5.74) is 0.374. The van der Waals surface area contributed by atoms with E-state index in [4.69, 9.17) is 4.74 Å². The van der Waals surface area contributed by atoms with Crippen LogP contribution in [0.15, 0.2) is 48.5 Å². The molecule has 0 heterocycles. The van der Waals surface area contributed by atoms with E-state index in [2.05, 4.69) is 0 Å². The van der Waals surface area contributed by atoms with Crippen molar-refractivity contribution in [1.82, 2.24) is 4.90 Å². The van der Waals surface area contributed by atoms with E-state index in [0.29, 0.717) is 16.9 Å². The third-order valence-corrected chi connectivity index (χ3v) is 3.36. The van der Waals surface area contributed by atoms with Gasteiger partial charge in [-0.05, 0) is 35.9 Å². The van der Waals surface area contributed by atoms with E-state index in [1.807, 2.05) is 0 Å². The molecule has 0 radical (unpaired) electrons. The lowest BCUT2D eigenvalue weighted by Gasteiger charge is -2.18. The van der Waals surface area contributed by atoms with Crippen molar-refractivity contribution in [3.05, 3.63) is 65.2 Å². The highest BCUT2D eigenvalue weighted by Gasteiger charge is 2.30. The van der Waals surface area contributed by atoms with Crippen LogP contribution in [0, 0.1) is 0 Å². The van der Waals surface area contributed by atoms with Crippen molar-refractivity contribution in [3.63, 3.8) is 0 Å². The van der Waals surface area contributed by atoms with Crippen LogP contribution in [0.3, 0.4) is 0 Å². The Morgan fingerprint density at radius 3 is 2.35 bits per heavy atom. The summed E-state index contributed by atoms with van der Waals surface area (Å²) in [6.45, 7) is 0.216. The molecule has 0 saturated carbocycles. The number of benzene rings is 2. The molecule has 122 valence electrons. The number of rotatable bonds is 4. The third-order valence-electron chi connectivity index (χ3n) is 3.36. The first-order valence-electron chi connectivity index (χ1n) is 6.87. The van der Waals surface area contributed by atoms with Gasteiger partial charge in [0.25, 0.3) is 5.91 Å². The van der Waals surface area contributed by atoms with Gasteiger partial charge in [-0.2, -0.15) is 13.2 Å². The van der Waals surface area contributed by atoms with Gasteiger partial charge in [0.1, 0.15) is 5.75 Å². The zero-order chi connectivity index (χ0) is 17.0. The summed E-state index contributed by atoms with van der Waals surface area (Å²) in [5, 5.41) is 0. The first-order valence-corrected chi connectivity index (χ1v) is 6.87. The van der Waals surface area contributed by atoms with Crippen LogP contribution in [0.4, 0.5) is 13.2 Å². The topological polar surface area (TPSA) is 29.5 Å². The number of halogens is 3. The van der Waals surface area contributed by atoms with Crippen molar-refractivity contribution in [2.45, 2.75) is 12.7 Å². The Morgan fingerprint density at radius 2 is 1.78 bits per heavy atom. The number of methoxy groups -OCH3 is 1. The van der Waals surface area contributed by atoms with E-state index in [0.717, 1.165) is 12.1 Å². The molecule has 23 heavy (non-hydrogen) atoms. The van der Waals surface area contributed by atoms with Crippen LogP contribution in [-0.4, -0.2) is 25.0 Å². The summed E-state index contributed by atoms with van der Waals surface area (Å²) < 4.78 is 42.7. The largest absolute Gasteiger partial charge is 0.497 e. The molecule has 1 amide bonds. The fourth-order valence-corrected chi connectivity index (χ4v) is 2.12. The minimum absolute atomic E-state index is 0.216. The number of carbonyl (C=O) groups excluding carboxylic acids is 1. The number of ether oxygens (including phenoxy) is 1. The SMILES string of the molecule is COc1cccc(C(=O)N(C)Cc2ccc(C(F)(F)F)cc2)c1. The van der Waals surface area contributed by atoms with Gasteiger partial charge in [0.05, 0.1) is 12.7 Å². The van der Waals surface area contributed by atoms with Gasteiger partial charge in [0, 0.05) is 19.2 Å². The van der Waals surface area contributed by atoms with Crippen molar-refractivity contribution < 1.29 is 22.7 Å². The molecule has 0 aliphatic rings. The summed E-state index contributed by atoms with van der Waals surface area (Å²) in [6.07, 6.45) is -4.36. The fraction of sp³-hybridized carbons (Fsp3) is 0.235. The van der Waals surface area contributed by atoms with Gasteiger partial charge in [-0.3, -0.25) is 4.79 Å². The lowest BCUT2D eigenvalue weighted by atomic mass is 10.1. The minimum atomic E-state index is -4.36. The molecular weight excluding hydrogens is 307 g/mol. The van der Waals surface area contributed by atoms with Crippen molar-refractivity contribution >= 4 is 5.91 Å². The second-order valence-electron chi connectivity index (χ2n) is 5.09. The predicted molar refractivity (Wildman–Crippen MR) is 80.2 cm³/mol. The average Bonchev–Trinajstić information content (AvgIpc) is 2.53. The van der Waals surface area contributed by atoms with Gasteiger partial charge in [-0.1, -0.05) is 18.2 Å². The Labute approximate surface area is 132 Å². The van der Waals surface area contributed by atoms with E-state index in [1.54, 1.807) is 31.3 Å². The molecular formula is C17H16F3NO2. The first-order chi connectivity index (χ1) is 10.8. The minimum Gasteiger partial charge on any atom is -0.497 e.